The van der Waals surface area contributed by atoms with E-state index in [0.29, 0.717) is 10.8 Å². The molecule has 0 saturated heterocycles. The Bertz CT molecular complexity index is 244. The van der Waals surface area contributed by atoms with Gasteiger partial charge in [-0.3, -0.25) is 5.10 Å². The first kappa shape index (κ1) is 11.0. The van der Waals surface area contributed by atoms with E-state index in [2.05, 4.69) is 24.0 Å². The second kappa shape index (κ2) is 4.79. The summed E-state index contributed by atoms with van der Waals surface area (Å²) in [4.78, 5) is 0. The molecular formula is C5H10KN3S. The van der Waals surface area contributed by atoms with Crippen LogP contribution in [0.25, 0.3) is 0 Å². The first-order chi connectivity index (χ1) is 4.22. The Labute approximate surface area is 109 Å². The Morgan fingerprint density at radius 2 is 2.40 bits per heavy atom. The minimum absolute atomic E-state index is 0. The molecule has 0 saturated carbocycles. The molecule has 1 aromatic rings. The predicted molar refractivity (Wildman–Crippen MR) is 38.9 cm³/mol. The Morgan fingerprint density at radius 3 is 2.60 bits per heavy atom. The number of nitrogens with zero attached hydrogens (tertiary/aromatic N) is 2. The van der Waals surface area contributed by atoms with Gasteiger partial charge in [-0.15, -0.1) is 0 Å². The maximum absolute atomic E-state index is 4.91. The van der Waals surface area contributed by atoms with Gasteiger partial charge in [-0.2, -0.15) is 5.10 Å². The fourth-order valence-electron chi connectivity index (χ4n) is 0.624. The number of hydrogen-bond acceptors (Lipinski definition) is 2. The molecule has 0 unspecified atom stereocenters. The van der Waals surface area contributed by atoms with Crippen LogP contribution in [0.5, 0.6) is 0 Å². The van der Waals surface area contributed by atoms with E-state index in [1.54, 1.807) is 6.33 Å². The summed E-state index contributed by atoms with van der Waals surface area (Å²) in [5.41, 5.74) is 0. The van der Waals surface area contributed by atoms with Gasteiger partial charge in [0.1, 0.15) is 6.33 Å². The van der Waals surface area contributed by atoms with Gasteiger partial charge in [0.25, 0.3) is 0 Å². The van der Waals surface area contributed by atoms with Gasteiger partial charge in [-0.05, 0) is 26.1 Å². The van der Waals surface area contributed by atoms with Crippen LogP contribution in [0.4, 0.5) is 0 Å². The average Bonchev–Trinajstić information content (AvgIpc) is 2.13. The SMILES string of the molecule is CC(C)n1cn[nH]c1=S.[H-].[K+]. The van der Waals surface area contributed by atoms with Crippen molar-refractivity contribution < 1.29 is 52.8 Å². The molecule has 5 heteroatoms. The van der Waals surface area contributed by atoms with Crippen LogP contribution >= 0.6 is 12.2 Å². The van der Waals surface area contributed by atoms with Crippen molar-refractivity contribution in [2.24, 2.45) is 0 Å². The summed E-state index contributed by atoms with van der Waals surface area (Å²) in [5, 5.41) is 6.45. The molecule has 0 amide bonds. The molecule has 0 bridgehead atoms. The van der Waals surface area contributed by atoms with Crippen molar-refractivity contribution in [1.29, 1.82) is 0 Å². The molecule has 0 aromatic carbocycles. The maximum atomic E-state index is 4.91. The van der Waals surface area contributed by atoms with Gasteiger partial charge >= 0.3 is 51.4 Å². The average molecular weight is 183 g/mol. The zero-order chi connectivity index (χ0) is 6.85. The molecule has 0 aliphatic rings. The van der Waals surface area contributed by atoms with E-state index in [1.165, 1.54) is 0 Å². The standard InChI is InChI=1S/C5H9N3S.K.H/c1-4(2)8-3-6-7-5(8)9;;/h3-4H,1-2H3,(H,7,9);;/q;+1;-1. The summed E-state index contributed by atoms with van der Waals surface area (Å²) in [5.74, 6) is 0. The van der Waals surface area contributed by atoms with Gasteiger partial charge in [0.15, 0.2) is 4.77 Å². The number of H-pyrrole nitrogens is 1. The number of hydrogen-bond donors (Lipinski definition) is 1. The molecule has 1 aromatic heterocycles. The predicted octanol–water partition coefficient (Wildman–Crippen LogP) is -1.36. The van der Waals surface area contributed by atoms with Crippen molar-refractivity contribution >= 4 is 12.2 Å². The molecule has 0 aliphatic carbocycles. The van der Waals surface area contributed by atoms with E-state index >= 15 is 0 Å². The molecule has 3 nitrogen and oxygen atoms in total. The van der Waals surface area contributed by atoms with Crippen LogP contribution in [0.15, 0.2) is 6.33 Å². The third-order valence-electron chi connectivity index (χ3n) is 1.13. The fraction of sp³-hybridized carbons (Fsp3) is 0.600. The van der Waals surface area contributed by atoms with Crippen LogP contribution in [0, 0.1) is 4.77 Å². The largest absolute Gasteiger partial charge is 1.00 e. The summed E-state index contributed by atoms with van der Waals surface area (Å²) in [6.07, 6.45) is 1.70. The Kier molecular flexibility index (Phi) is 5.27. The van der Waals surface area contributed by atoms with Crippen LogP contribution in [-0.4, -0.2) is 14.8 Å². The minimum Gasteiger partial charge on any atom is -1.00 e. The normalized spacial score (nSPS) is 9.50. The molecule has 0 fully saturated rings. The van der Waals surface area contributed by atoms with Crippen molar-refractivity contribution in [2.75, 3.05) is 0 Å². The number of aromatic amines is 1. The van der Waals surface area contributed by atoms with Gasteiger partial charge in [0.2, 0.25) is 0 Å². The van der Waals surface area contributed by atoms with Gasteiger partial charge in [-0.1, -0.05) is 0 Å². The molecule has 0 atom stereocenters. The van der Waals surface area contributed by atoms with Gasteiger partial charge < -0.3 is 5.99 Å². The third kappa shape index (κ3) is 2.56. The number of nitrogens with one attached hydrogen (secondary N) is 1. The van der Waals surface area contributed by atoms with Crippen molar-refractivity contribution in [3.8, 4) is 0 Å². The number of rotatable bonds is 1. The first-order valence-electron chi connectivity index (χ1n) is 2.83. The zero-order valence-corrected chi connectivity index (χ0v) is 10.4. The van der Waals surface area contributed by atoms with Crippen LogP contribution in [0.3, 0.4) is 0 Å². The van der Waals surface area contributed by atoms with E-state index in [-0.39, 0.29) is 52.8 Å². The third-order valence-corrected chi connectivity index (χ3v) is 1.44. The van der Waals surface area contributed by atoms with Gasteiger partial charge in [0, 0.05) is 6.04 Å². The van der Waals surface area contributed by atoms with E-state index in [4.69, 9.17) is 12.2 Å². The Balaban J connectivity index is 0. The Morgan fingerprint density at radius 1 is 1.80 bits per heavy atom. The molecule has 1 heterocycles. The summed E-state index contributed by atoms with van der Waals surface area (Å²) >= 11 is 4.91. The summed E-state index contributed by atoms with van der Waals surface area (Å²) in [6, 6.07) is 0.399. The van der Waals surface area contributed by atoms with Crippen LogP contribution in [0.1, 0.15) is 21.3 Å². The molecule has 0 aliphatic heterocycles. The van der Waals surface area contributed by atoms with E-state index in [1.807, 2.05) is 4.57 Å². The first-order valence-corrected chi connectivity index (χ1v) is 3.24. The fourth-order valence-corrected chi connectivity index (χ4v) is 0.935. The monoisotopic (exact) mass is 183 g/mol. The molecule has 0 spiro atoms. The van der Waals surface area contributed by atoms with Gasteiger partial charge in [-0.25, -0.2) is 0 Å². The van der Waals surface area contributed by atoms with Crippen LogP contribution in [-0.2, 0) is 0 Å². The molecular weight excluding hydrogens is 173 g/mol. The van der Waals surface area contributed by atoms with Gasteiger partial charge in [0.05, 0.1) is 0 Å². The molecule has 1 rings (SSSR count). The second-order valence-electron chi connectivity index (χ2n) is 2.16. The minimum atomic E-state index is 0. The quantitative estimate of drug-likeness (QED) is 0.431. The van der Waals surface area contributed by atoms with E-state index in [0.717, 1.165) is 0 Å². The van der Waals surface area contributed by atoms with E-state index < -0.39 is 0 Å². The molecule has 1 N–H and O–H groups in total. The summed E-state index contributed by atoms with van der Waals surface area (Å²) < 4.78 is 2.58. The topological polar surface area (TPSA) is 33.6 Å². The molecule has 10 heavy (non-hydrogen) atoms. The van der Waals surface area contributed by atoms with Crippen molar-refractivity contribution in [2.45, 2.75) is 19.9 Å². The van der Waals surface area contributed by atoms with Crippen LogP contribution < -0.4 is 51.4 Å². The Hall–Kier alpha value is 0.996. The molecule has 0 radical (unpaired) electrons. The number of aromatic nitrogens is 3. The molecule has 52 valence electrons. The van der Waals surface area contributed by atoms with E-state index in [9.17, 15) is 0 Å². The summed E-state index contributed by atoms with van der Waals surface area (Å²) in [6.45, 7) is 4.12. The maximum Gasteiger partial charge on any atom is 1.00 e. The van der Waals surface area contributed by atoms with Crippen molar-refractivity contribution in [3.05, 3.63) is 11.1 Å². The second-order valence-corrected chi connectivity index (χ2v) is 2.55. The van der Waals surface area contributed by atoms with Crippen LogP contribution in [0.2, 0.25) is 0 Å². The van der Waals surface area contributed by atoms with Crippen molar-refractivity contribution in [3.63, 3.8) is 0 Å². The summed E-state index contributed by atoms with van der Waals surface area (Å²) in [7, 11) is 0. The van der Waals surface area contributed by atoms with Crippen molar-refractivity contribution in [1.82, 2.24) is 14.8 Å². The zero-order valence-electron chi connectivity index (χ0n) is 7.46. The smallest absolute Gasteiger partial charge is 1.00 e.